The molecule has 0 aliphatic heterocycles. The van der Waals surface area contributed by atoms with E-state index in [1.54, 1.807) is 12.1 Å². The number of benzene rings is 1. The van der Waals surface area contributed by atoms with Crippen LogP contribution in [0.2, 0.25) is 0 Å². The Hall–Kier alpha value is -1.23. The molecule has 5 heteroatoms. The molecule has 0 fully saturated rings. The minimum absolute atomic E-state index is 0.0225. The maximum Gasteiger partial charge on any atom is 0.269 e. The summed E-state index contributed by atoms with van der Waals surface area (Å²) >= 11 is 3.11. The second-order valence-electron chi connectivity index (χ2n) is 2.39. The van der Waals surface area contributed by atoms with Gasteiger partial charge in [-0.2, -0.15) is 0 Å². The SMILES string of the molecule is O=CC(Br)c1ccc([N+](=O)[O-])cc1. The summed E-state index contributed by atoms with van der Waals surface area (Å²) in [6, 6.07) is 5.83. The predicted octanol–water partition coefficient (Wildman–Crippen LogP) is 2.23. The van der Waals surface area contributed by atoms with E-state index in [2.05, 4.69) is 15.9 Å². The zero-order valence-electron chi connectivity index (χ0n) is 6.51. The number of hydrogen-bond donors (Lipinski definition) is 0. The van der Waals surface area contributed by atoms with E-state index in [0.29, 0.717) is 5.56 Å². The van der Waals surface area contributed by atoms with Crippen molar-refractivity contribution in [2.75, 3.05) is 0 Å². The highest BCUT2D eigenvalue weighted by molar-refractivity contribution is 9.09. The van der Waals surface area contributed by atoms with E-state index in [1.165, 1.54) is 12.1 Å². The Morgan fingerprint density at radius 1 is 1.38 bits per heavy atom. The molecule has 0 aromatic heterocycles. The van der Waals surface area contributed by atoms with E-state index >= 15 is 0 Å². The predicted molar refractivity (Wildman–Crippen MR) is 50.8 cm³/mol. The summed E-state index contributed by atoms with van der Waals surface area (Å²) in [4.78, 5) is 19.7. The Kier molecular flexibility index (Phi) is 3.13. The first-order valence-corrected chi connectivity index (χ1v) is 4.40. The van der Waals surface area contributed by atoms with Crippen LogP contribution < -0.4 is 0 Å². The first-order chi connectivity index (χ1) is 6.15. The van der Waals surface area contributed by atoms with Gasteiger partial charge in [-0.05, 0) is 5.56 Å². The first kappa shape index (κ1) is 9.85. The Bertz CT molecular complexity index is 323. The molecule has 1 atom stereocenters. The molecular weight excluding hydrogens is 238 g/mol. The van der Waals surface area contributed by atoms with Gasteiger partial charge in [0.2, 0.25) is 0 Å². The van der Waals surface area contributed by atoms with Crippen molar-refractivity contribution in [1.82, 2.24) is 0 Å². The standard InChI is InChI=1S/C8H6BrNO3/c9-8(5-11)6-1-3-7(4-2-6)10(12)13/h1-5,8H. The van der Waals surface area contributed by atoms with Crippen LogP contribution in [0.5, 0.6) is 0 Å². The second kappa shape index (κ2) is 4.13. The van der Waals surface area contributed by atoms with Crippen LogP contribution in [0.4, 0.5) is 5.69 Å². The molecule has 1 unspecified atom stereocenters. The Balaban J connectivity index is 2.93. The van der Waals surface area contributed by atoms with E-state index in [-0.39, 0.29) is 5.69 Å². The molecule has 0 radical (unpaired) electrons. The maximum absolute atomic E-state index is 10.3. The summed E-state index contributed by atoms with van der Waals surface area (Å²) in [5.74, 6) is 0. The van der Waals surface area contributed by atoms with Gasteiger partial charge in [-0.1, -0.05) is 28.1 Å². The molecule has 1 aromatic carbocycles. The van der Waals surface area contributed by atoms with Gasteiger partial charge in [0.1, 0.15) is 6.29 Å². The van der Waals surface area contributed by atoms with Gasteiger partial charge in [0, 0.05) is 12.1 Å². The highest BCUT2D eigenvalue weighted by Crippen LogP contribution is 2.22. The summed E-state index contributed by atoms with van der Waals surface area (Å²) in [5, 5.41) is 10.3. The van der Waals surface area contributed by atoms with Crippen molar-refractivity contribution in [3.63, 3.8) is 0 Å². The van der Waals surface area contributed by atoms with Crippen molar-refractivity contribution in [3.05, 3.63) is 39.9 Å². The minimum Gasteiger partial charge on any atom is -0.302 e. The van der Waals surface area contributed by atoms with Crippen LogP contribution in [0, 0.1) is 10.1 Å². The highest BCUT2D eigenvalue weighted by Gasteiger charge is 2.08. The number of alkyl halides is 1. The minimum atomic E-state index is -0.478. The molecule has 0 aliphatic carbocycles. The summed E-state index contributed by atoms with van der Waals surface area (Å²) in [6.07, 6.45) is 0.723. The van der Waals surface area contributed by atoms with Gasteiger partial charge in [0.05, 0.1) is 9.75 Å². The largest absolute Gasteiger partial charge is 0.302 e. The molecule has 0 N–H and O–H groups in total. The van der Waals surface area contributed by atoms with Crippen LogP contribution in [0.15, 0.2) is 24.3 Å². The number of carbonyl (C=O) groups excluding carboxylic acids is 1. The lowest BCUT2D eigenvalue weighted by molar-refractivity contribution is -0.384. The number of aldehydes is 1. The summed E-state index contributed by atoms with van der Waals surface area (Å²) < 4.78 is 0. The molecule has 0 saturated carbocycles. The van der Waals surface area contributed by atoms with Gasteiger partial charge < -0.3 is 4.79 Å². The van der Waals surface area contributed by atoms with E-state index < -0.39 is 9.75 Å². The molecule has 1 aromatic rings. The average Bonchev–Trinajstić information content (AvgIpc) is 2.17. The summed E-state index contributed by atoms with van der Waals surface area (Å²) in [5.41, 5.74) is 0.731. The van der Waals surface area contributed by atoms with Crippen molar-refractivity contribution in [2.24, 2.45) is 0 Å². The van der Waals surface area contributed by atoms with Crippen molar-refractivity contribution in [2.45, 2.75) is 4.83 Å². The number of carbonyl (C=O) groups is 1. The third-order valence-corrected chi connectivity index (χ3v) is 2.29. The third kappa shape index (κ3) is 2.35. The molecule has 13 heavy (non-hydrogen) atoms. The lowest BCUT2D eigenvalue weighted by Gasteiger charge is -2.00. The van der Waals surface area contributed by atoms with Gasteiger partial charge in [-0.25, -0.2) is 0 Å². The molecule has 0 aliphatic rings. The molecule has 0 saturated heterocycles. The zero-order chi connectivity index (χ0) is 9.84. The lowest BCUT2D eigenvalue weighted by atomic mass is 10.1. The van der Waals surface area contributed by atoms with Gasteiger partial charge in [0.15, 0.2) is 0 Å². The Morgan fingerprint density at radius 3 is 2.31 bits per heavy atom. The maximum atomic E-state index is 10.3. The molecule has 0 spiro atoms. The fraction of sp³-hybridized carbons (Fsp3) is 0.125. The number of nitrogens with zero attached hydrogens (tertiary/aromatic N) is 1. The number of nitro benzene ring substituents is 1. The second-order valence-corrected chi connectivity index (χ2v) is 3.37. The van der Waals surface area contributed by atoms with Gasteiger partial charge in [-0.3, -0.25) is 10.1 Å². The summed E-state index contributed by atoms with van der Waals surface area (Å²) in [6.45, 7) is 0. The van der Waals surface area contributed by atoms with E-state index in [0.717, 1.165) is 6.29 Å². The molecule has 68 valence electrons. The van der Waals surface area contributed by atoms with Gasteiger partial charge in [0.25, 0.3) is 5.69 Å². The molecule has 0 bridgehead atoms. The molecular formula is C8H6BrNO3. The van der Waals surface area contributed by atoms with E-state index in [9.17, 15) is 14.9 Å². The molecule has 0 amide bonds. The van der Waals surface area contributed by atoms with E-state index in [1.807, 2.05) is 0 Å². The normalized spacial score (nSPS) is 12.1. The van der Waals surface area contributed by atoms with Gasteiger partial charge >= 0.3 is 0 Å². The lowest BCUT2D eigenvalue weighted by Crippen LogP contribution is -1.92. The monoisotopic (exact) mass is 243 g/mol. The zero-order valence-corrected chi connectivity index (χ0v) is 8.10. The molecule has 4 nitrogen and oxygen atoms in total. The number of hydrogen-bond acceptors (Lipinski definition) is 3. The topological polar surface area (TPSA) is 60.2 Å². The van der Waals surface area contributed by atoms with Crippen molar-refractivity contribution < 1.29 is 9.72 Å². The van der Waals surface area contributed by atoms with E-state index in [4.69, 9.17) is 0 Å². The fourth-order valence-corrected chi connectivity index (χ4v) is 1.16. The number of halogens is 1. The smallest absolute Gasteiger partial charge is 0.269 e. The van der Waals surface area contributed by atoms with Crippen LogP contribution in [0.1, 0.15) is 10.4 Å². The van der Waals surface area contributed by atoms with Crippen LogP contribution in [0.3, 0.4) is 0 Å². The van der Waals surface area contributed by atoms with Crippen LogP contribution in [0.25, 0.3) is 0 Å². The third-order valence-electron chi connectivity index (χ3n) is 1.54. The highest BCUT2D eigenvalue weighted by atomic mass is 79.9. The van der Waals surface area contributed by atoms with Crippen LogP contribution >= 0.6 is 15.9 Å². The average molecular weight is 244 g/mol. The van der Waals surface area contributed by atoms with Crippen LogP contribution in [-0.4, -0.2) is 11.2 Å². The van der Waals surface area contributed by atoms with Crippen molar-refractivity contribution in [1.29, 1.82) is 0 Å². The van der Waals surface area contributed by atoms with Crippen molar-refractivity contribution in [3.8, 4) is 0 Å². The molecule has 0 heterocycles. The summed E-state index contributed by atoms with van der Waals surface area (Å²) in [7, 11) is 0. The number of nitro groups is 1. The van der Waals surface area contributed by atoms with Gasteiger partial charge in [-0.15, -0.1) is 0 Å². The number of non-ortho nitro benzene ring substituents is 1. The molecule has 1 rings (SSSR count). The van der Waals surface area contributed by atoms with Crippen LogP contribution in [-0.2, 0) is 4.79 Å². The quantitative estimate of drug-likeness (QED) is 0.354. The first-order valence-electron chi connectivity index (χ1n) is 3.49. The Labute approximate surface area is 82.8 Å². The fourth-order valence-electron chi connectivity index (χ4n) is 0.858. The van der Waals surface area contributed by atoms with Crippen molar-refractivity contribution >= 4 is 27.9 Å². The Morgan fingerprint density at radius 2 is 1.92 bits per heavy atom. The number of rotatable bonds is 3.